The van der Waals surface area contributed by atoms with Gasteiger partial charge < -0.3 is 10.1 Å². The molecule has 23 heavy (non-hydrogen) atoms. The van der Waals surface area contributed by atoms with Gasteiger partial charge in [-0.1, -0.05) is 0 Å². The van der Waals surface area contributed by atoms with Crippen molar-refractivity contribution in [1.29, 1.82) is 0 Å². The van der Waals surface area contributed by atoms with E-state index in [1.807, 2.05) is 28.8 Å². The number of aryl methyl sites for hydroxylation is 1. The zero-order valence-electron chi connectivity index (χ0n) is 14.3. The second-order valence-corrected chi connectivity index (χ2v) is 6.63. The standard InChI is InChI=1S/C17H27N5O/c1-13(2)22-12-14(10-20-22)9-18-11-15-5-4-8-23-17(15)16-6-7-19-21(16)3/h6-7,10,12-13,15,17-18H,4-5,8-9,11H2,1-3H3/t15-,17+/m0/s1. The van der Waals surface area contributed by atoms with Gasteiger partial charge in [0.25, 0.3) is 0 Å². The lowest BCUT2D eigenvalue weighted by Crippen LogP contribution is -2.32. The third-order valence-corrected chi connectivity index (χ3v) is 4.51. The summed E-state index contributed by atoms with van der Waals surface area (Å²) in [6, 6.07) is 2.47. The fourth-order valence-corrected chi connectivity index (χ4v) is 3.20. The number of nitrogens with zero attached hydrogens (tertiary/aromatic N) is 4. The van der Waals surface area contributed by atoms with Gasteiger partial charge in [-0.25, -0.2) is 0 Å². The fourth-order valence-electron chi connectivity index (χ4n) is 3.20. The average molecular weight is 317 g/mol. The Morgan fingerprint density at radius 1 is 1.39 bits per heavy atom. The largest absolute Gasteiger partial charge is 0.372 e. The highest BCUT2D eigenvalue weighted by Crippen LogP contribution is 2.32. The van der Waals surface area contributed by atoms with Crippen LogP contribution in [0.4, 0.5) is 0 Å². The van der Waals surface area contributed by atoms with Crippen molar-refractivity contribution in [2.45, 2.75) is 45.4 Å². The van der Waals surface area contributed by atoms with Gasteiger partial charge in [-0.3, -0.25) is 9.36 Å². The lowest BCUT2D eigenvalue weighted by Gasteiger charge is -2.32. The van der Waals surface area contributed by atoms with Crippen molar-refractivity contribution in [1.82, 2.24) is 24.9 Å². The maximum atomic E-state index is 6.04. The molecule has 6 heteroatoms. The lowest BCUT2D eigenvalue weighted by atomic mass is 9.92. The molecule has 0 aliphatic carbocycles. The third-order valence-electron chi connectivity index (χ3n) is 4.51. The van der Waals surface area contributed by atoms with E-state index in [0.717, 1.165) is 26.1 Å². The Morgan fingerprint density at radius 2 is 2.26 bits per heavy atom. The van der Waals surface area contributed by atoms with Crippen molar-refractivity contribution < 1.29 is 4.74 Å². The van der Waals surface area contributed by atoms with Crippen molar-refractivity contribution in [3.63, 3.8) is 0 Å². The number of aromatic nitrogens is 4. The number of hydrogen-bond donors (Lipinski definition) is 1. The average Bonchev–Trinajstić information content (AvgIpc) is 3.17. The molecule has 0 bridgehead atoms. The van der Waals surface area contributed by atoms with Crippen LogP contribution in [-0.2, 0) is 18.3 Å². The van der Waals surface area contributed by atoms with Crippen molar-refractivity contribution in [3.8, 4) is 0 Å². The van der Waals surface area contributed by atoms with Crippen LogP contribution >= 0.6 is 0 Å². The first kappa shape index (κ1) is 16.2. The van der Waals surface area contributed by atoms with Crippen molar-refractivity contribution in [2.75, 3.05) is 13.2 Å². The molecule has 1 aliphatic rings. The Balaban J connectivity index is 1.56. The minimum Gasteiger partial charge on any atom is -0.372 e. The van der Waals surface area contributed by atoms with Gasteiger partial charge in [0, 0.05) is 56.7 Å². The molecule has 2 atom stereocenters. The molecule has 126 valence electrons. The van der Waals surface area contributed by atoms with Crippen LogP contribution in [0.1, 0.15) is 50.1 Å². The molecule has 0 amide bonds. The Bertz CT molecular complexity index is 618. The highest BCUT2D eigenvalue weighted by Gasteiger charge is 2.29. The summed E-state index contributed by atoms with van der Waals surface area (Å²) in [5.74, 6) is 0.485. The molecule has 3 heterocycles. The second-order valence-electron chi connectivity index (χ2n) is 6.63. The van der Waals surface area contributed by atoms with Gasteiger partial charge in [0.1, 0.15) is 6.10 Å². The summed E-state index contributed by atoms with van der Waals surface area (Å²) in [6.07, 6.45) is 8.37. The molecule has 0 saturated carbocycles. The molecular formula is C17H27N5O. The van der Waals surface area contributed by atoms with E-state index in [9.17, 15) is 0 Å². The smallest absolute Gasteiger partial charge is 0.103 e. The van der Waals surface area contributed by atoms with Crippen molar-refractivity contribution >= 4 is 0 Å². The van der Waals surface area contributed by atoms with E-state index in [1.54, 1.807) is 0 Å². The summed E-state index contributed by atoms with van der Waals surface area (Å²) in [5, 5.41) is 12.2. The molecule has 6 nitrogen and oxygen atoms in total. The zero-order chi connectivity index (χ0) is 16.2. The van der Waals surface area contributed by atoms with Crippen LogP contribution in [0.25, 0.3) is 0 Å². The van der Waals surface area contributed by atoms with Gasteiger partial charge in [-0.2, -0.15) is 10.2 Å². The summed E-state index contributed by atoms with van der Waals surface area (Å²) < 4.78 is 9.96. The monoisotopic (exact) mass is 317 g/mol. The van der Waals surface area contributed by atoms with E-state index in [0.29, 0.717) is 12.0 Å². The minimum absolute atomic E-state index is 0.141. The number of hydrogen-bond acceptors (Lipinski definition) is 4. The van der Waals surface area contributed by atoms with Crippen LogP contribution < -0.4 is 5.32 Å². The topological polar surface area (TPSA) is 56.9 Å². The summed E-state index contributed by atoms with van der Waals surface area (Å²) in [7, 11) is 1.98. The maximum absolute atomic E-state index is 6.04. The molecule has 0 aromatic carbocycles. The molecule has 0 spiro atoms. The Hall–Kier alpha value is -1.66. The van der Waals surface area contributed by atoms with Crippen LogP contribution in [0.5, 0.6) is 0 Å². The van der Waals surface area contributed by atoms with E-state index in [-0.39, 0.29) is 6.10 Å². The highest BCUT2D eigenvalue weighted by atomic mass is 16.5. The van der Waals surface area contributed by atoms with E-state index < -0.39 is 0 Å². The van der Waals surface area contributed by atoms with Crippen LogP contribution in [0.15, 0.2) is 24.7 Å². The first-order chi connectivity index (χ1) is 11.1. The Morgan fingerprint density at radius 3 is 2.96 bits per heavy atom. The predicted octanol–water partition coefficient (Wildman–Crippen LogP) is 2.46. The first-order valence-corrected chi connectivity index (χ1v) is 8.48. The van der Waals surface area contributed by atoms with Gasteiger partial charge in [0.05, 0.1) is 11.9 Å². The van der Waals surface area contributed by atoms with Crippen LogP contribution in [-0.4, -0.2) is 32.7 Å². The summed E-state index contributed by atoms with van der Waals surface area (Å²) in [6.45, 7) is 6.92. The number of nitrogens with one attached hydrogen (secondary N) is 1. The van der Waals surface area contributed by atoms with E-state index >= 15 is 0 Å². The molecule has 1 N–H and O–H groups in total. The predicted molar refractivity (Wildman–Crippen MR) is 88.9 cm³/mol. The SMILES string of the molecule is CC(C)n1cc(CNC[C@@H]2CCCO[C@H]2c2ccnn2C)cn1. The van der Waals surface area contributed by atoms with Gasteiger partial charge in [0.2, 0.25) is 0 Å². The zero-order valence-corrected chi connectivity index (χ0v) is 14.3. The van der Waals surface area contributed by atoms with Crippen LogP contribution in [0.3, 0.4) is 0 Å². The quantitative estimate of drug-likeness (QED) is 0.889. The molecule has 3 rings (SSSR count). The van der Waals surface area contributed by atoms with E-state index in [1.165, 1.54) is 17.7 Å². The molecule has 2 aromatic rings. The van der Waals surface area contributed by atoms with Crippen molar-refractivity contribution in [2.24, 2.45) is 13.0 Å². The van der Waals surface area contributed by atoms with Crippen LogP contribution in [0.2, 0.25) is 0 Å². The molecule has 0 radical (unpaired) electrons. The van der Waals surface area contributed by atoms with E-state index in [2.05, 4.69) is 41.6 Å². The maximum Gasteiger partial charge on any atom is 0.103 e. The molecular weight excluding hydrogens is 290 g/mol. The number of ether oxygens (including phenoxy) is 1. The Kier molecular flexibility index (Phi) is 5.13. The molecule has 2 aromatic heterocycles. The fraction of sp³-hybridized carbons (Fsp3) is 0.647. The van der Waals surface area contributed by atoms with Gasteiger partial charge >= 0.3 is 0 Å². The minimum atomic E-state index is 0.141. The lowest BCUT2D eigenvalue weighted by molar-refractivity contribution is -0.0323. The third kappa shape index (κ3) is 3.82. The molecule has 1 fully saturated rings. The number of rotatable bonds is 6. The summed E-state index contributed by atoms with van der Waals surface area (Å²) >= 11 is 0. The van der Waals surface area contributed by atoms with Gasteiger partial charge in [0.15, 0.2) is 0 Å². The van der Waals surface area contributed by atoms with Crippen LogP contribution in [0, 0.1) is 5.92 Å². The van der Waals surface area contributed by atoms with Crippen molar-refractivity contribution in [3.05, 3.63) is 35.9 Å². The Labute approximate surface area is 137 Å². The summed E-state index contributed by atoms with van der Waals surface area (Å²) in [4.78, 5) is 0. The van der Waals surface area contributed by atoms with E-state index in [4.69, 9.17) is 4.74 Å². The normalized spacial score (nSPS) is 21.9. The molecule has 1 saturated heterocycles. The van der Waals surface area contributed by atoms with Gasteiger partial charge in [-0.15, -0.1) is 0 Å². The molecule has 1 aliphatic heterocycles. The van der Waals surface area contributed by atoms with Gasteiger partial charge in [-0.05, 0) is 32.8 Å². The molecule has 0 unspecified atom stereocenters. The summed E-state index contributed by atoms with van der Waals surface area (Å²) in [5.41, 5.74) is 2.40. The second kappa shape index (κ2) is 7.27. The highest BCUT2D eigenvalue weighted by molar-refractivity contribution is 5.08. The first-order valence-electron chi connectivity index (χ1n) is 8.48.